The summed E-state index contributed by atoms with van der Waals surface area (Å²) in [4.78, 5) is 15.7. The van der Waals surface area contributed by atoms with Gasteiger partial charge in [0, 0.05) is 11.6 Å². The van der Waals surface area contributed by atoms with Gasteiger partial charge < -0.3 is 4.74 Å². The molecule has 2 heterocycles. The van der Waals surface area contributed by atoms with Crippen molar-refractivity contribution >= 4 is 16.9 Å². The van der Waals surface area contributed by atoms with Crippen molar-refractivity contribution in [2.75, 3.05) is 0 Å². The summed E-state index contributed by atoms with van der Waals surface area (Å²) in [5.74, 6) is -0.426. The second kappa shape index (κ2) is 3.59. The highest BCUT2D eigenvalue weighted by Gasteiger charge is 2.21. The molecule has 2 aromatic heterocycles. The zero-order valence-corrected chi connectivity index (χ0v) is 9.44. The van der Waals surface area contributed by atoms with Gasteiger partial charge in [0.2, 0.25) is 0 Å². The molecule has 5 nitrogen and oxygen atoms in total. The Labute approximate surface area is 92.8 Å². The van der Waals surface area contributed by atoms with Crippen molar-refractivity contribution in [1.29, 1.82) is 0 Å². The van der Waals surface area contributed by atoms with Crippen molar-refractivity contribution in [3.05, 3.63) is 24.2 Å². The lowest BCUT2D eigenvalue weighted by atomic mass is 10.2. The molecule has 84 valence electrons. The van der Waals surface area contributed by atoms with E-state index < -0.39 is 11.6 Å². The molecule has 16 heavy (non-hydrogen) atoms. The second-order valence-corrected chi connectivity index (χ2v) is 4.50. The van der Waals surface area contributed by atoms with Crippen LogP contribution >= 0.6 is 0 Å². The molecular weight excluding hydrogens is 206 g/mol. The lowest BCUT2D eigenvalue weighted by Crippen LogP contribution is -2.24. The number of pyridine rings is 1. The lowest BCUT2D eigenvalue weighted by Gasteiger charge is -2.18. The molecule has 0 aliphatic rings. The molecule has 0 atom stereocenters. The van der Waals surface area contributed by atoms with Gasteiger partial charge >= 0.3 is 5.97 Å². The Kier molecular flexibility index (Phi) is 2.38. The number of fused-ring (bicyclic) bond motifs is 1. The van der Waals surface area contributed by atoms with Crippen LogP contribution in [0.15, 0.2) is 18.5 Å². The van der Waals surface area contributed by atoms with Crippen LogP contribution in [0.1, 0.15) is 31.3 Å². The molecule has 0 spiro atoms. The van der Waals surface area contributed by atoms with E-state index in [1.807, 2.05) is 20.8 Å². The van der Waals surface area contributed by atoms with E-state index in [9.17, 15) is 4.79 Å². The molecule has 0 saturated heterocycles. The minimum atomic E-state index is -0.518. The first-order valence-corrected chi connectivity index (χ1v) is 4.99. The maximum absolute atomic E-state index is 11.8. The monoisotopic (exact) mass is 219 g/mol. The highest BCUT2D eigenvalue weighted by molar-refractivity contribution is 6.01. The van der Waals surface area contributed by atoms with E-state index in [0.29, 0.717) is 5.69 Å². The molecule has 2 rings (SSSR count). The zero-order valence-electron chi connectivity index (χ0n) is 9.44. The van der Waals surface area contributed by atoms with Crippen LogP contribution in [0.4, 0.5) is 0 Å². The average Bonchev–Trinajstić information content (AvgIpc) is 2.58. The van der Waals surface area contributed by atoms with Crippen molar-refractivity contribution in [1.82, 2.24) is 15.2 Å². The molecule has 1 N–H and O–H groups in total. The average molecular weight is 219 g/mol. The number of H-pyrrole nitrogens is 1. The molecule has 5 heteroatoms. The molecule has 0 aliphatic heterocycles. The van der Waals surface area contributed by atoms with Gasteiger partial charge in [-0.3, -0.25) is 10.1 Å². The van der Waals surface area contributed by atoms with Gasteiger partial charge in [0.05, 0.1) is 11.7 Å². The molecule has 0 aromatic carbocycles. The molecule has 0 bridgehead atoms. The number of nitrogens with one attached hydrogen (secondary N) is 1. The number of nitrogens with zero attached hydrogens (tertiary/aromatic N) is 2. The van der Waals surface area contributed by atoms with Gasteiger partial charge in [0.1, 0.15) is 5.60 Å². The number of rotatable bonds is 1. The standard InChI is InChI=1S/C11H13N3O2/c1-11(2,3)16-10(15)9-7-4-5-12-6-8(7)13-14-9/h4-6H,1-3H3,(H,13,14). The first-order valence-electron chi connectivity index (χ1n) is 4.99. The number of hydrogen-bond acceptors (Lipinski definition) is 4. The number of carbonyl (C=O) groups is 1. The van der Waals surface area contributed by atoms with Crippen LogP contribution in [0.3, 0.4) is 0 Å². The van der Waals surface area contributed by atoms with Gasteiger partial charge in [-0.25, -0.2) is 4.79 Å². The van der Waals surface area contributed by atoms with E-state index in [-0.39, 0.29) is 0 Å². The Morgan fingerprint density at radius 3 is 2.88 bits per heavy atom. The van der Waals surface area contributed by atoms with Crippen LogP contribution in [0.2, 0.25) is 0 Å². The maximum Gasteiger partial charge on any atom is 0.360 e. The van der Waals surface area contributed by atoms with E-state index >= 15 is 0 Å². The van der Waals surface area contributed by atoms with Gasteiger partial charge in [-0.05, 0) is 26.8 Å². The summed E-state index contributed by atoms with van der Waals surface area (Å²) in [5, 5.41) is 7.41. The fourth-order valence-corrected chi connectivity index (χ4v) is 1.35. The van der Waals surface area contributed by atoms with E-state index in [1.165, 1.54) is 0 Å². The lowest BCUT2D eigenvalue weighted by molar-refractivity contribution is 0.00651. The first-order chi connectivity index (χ1) is 7.47. The number of aromatic amines is 1. The predicted octanol–water partition coefficient (Wildman–Crippen LogP) is 1.91. The molecular formula is C11H13N3O2. The van der Waals surface area contributed by atoms with Crippen molar-refractivity contribution in [3.63, 3.8) is 0 Å². The molecule has 0 amide bonds. The van der Waals surface area contributed by atoms with Crippen LogP contribution < -0.4 is 0 Å². The summed E-state index contributed by atoms with van der Waals surface area (Å²) in [5.41, 5.74) is 0.505. The van der Waals surface area contributed by atoms with Crippen LogP contribution in [0.25, 0.3) is 10.9 Å². The van der Waals surface area contributed by atoms with Crippen molar-refractivity contribution in [2.45, 2.75) is 26.4 Å². The summed E-state index contributed by atoms with van der Waals surface area (Å²) in [6.45, 7) is 5.46. The van der Waals surface area contributed by atoms with Gasteiger partial charge in [-0.2, -0.15) is 5.10 Å². The first kappa shape index (κ1) is 10.6. The van der Waals surface area contributed by atoms with E-state index in [1.54, 1.807) is 18.5 Å². The number of hydrogen-bond donors (Lipinski definition) is 1. The Morgan fingerprint density at radius 1 is 1.44 bits per heavy atom. The number of aromatic nitrogens is 3. The van der Waals surface area contributed by atoms with Crippen LogP contribution in [-0.2, 0) is 4.74 Å². The smallest absolute Gasteiger partial charge is 0.360 e. The van der Waals surface area contributed by atoms with E-state index in [0.717, 1.165) is 10.9 Å². The maximum atomic E-state index is 11.8. The second-order valence-electron chi connectivity index (χ2n) is 4.50. The van der Waals surface area contributed by atoms with Crippen molar-refractivity contribution in [3.8, 4) is 0 Å². The summed E-state index contributed by atoms with van der Waals surface area (Å²) >= 11 is 0. The van der Waals surface area contributed by atoms with Crippen LogP contribution in [-0.4, -0.2) is 26.8 Å². The fraction of sp³-hybridized carbons (Fsp3) is 0.364. The highest BCUT2D eigenvalue weighted by Crippen LogP contribution is 2.17. The Balaban J connectivity index is 2.37. The van der Waals surface area contributed by atoms with Crippen molar-refractivity contribution in [2.24, 2.45) is 0 Å². The Hall–Kier alpha value is -1.91. The van der Waals surface area contributed by atoms with Crippen LogP contribution in [0, 0.1) is 0 Å². The number of carbonyl (C=O) groups excluding carboxylic acids is 1. The predicted molar refractivity (Wildman–Crippen MR) is 59.1 cm³/mol. The Morgan fingerprint density at radius 2 is 2.19 bits per heavy atom. The summed E-state index contributed by atoms with van der Waals surface area (Å²) in [6.07, 6.45) is 3.24. The summed E-state index contributed by atoms with van der Waals surface area (Å²) in [6, 6.07) is 1.73. The van der Waals surface area contributed by atoms with Gasteiger partial charge in [-0.1, -0.05) is 0 Å². The molecule has 2 aromatic rings. The largest absolute Gasteiger partial charge is 0.455 e. The van der Waals surface area contributed by atoms with E-state index in [4.69, 9.17) is 4.74 Å². The molecule has 0 radical (unpaired) electrons. The molecule has 0 fully saturated rings. The number of esters is 1. The SMILES string of the molecule is CC(C)(C)OC(=O)c1n[nH]c2cnccc12. The third-order valence-corrected chi connectivity index (χ3v) is 1.96. The zero-order chi connectivity index (χ0) is 11.8. The van der Waals surface area contributed by atoms with E-state index in [2.05, 4.69) is 15.2 Å². The van der Waals surface area contributed by atoms with Crippen molar-refractivity contribution < 1.29 is 9.53 Å². The quantitative estimate of drug-likeness (QED) is 0.744. The molecule has 0 aliphatic carbocycles. The van der Waals surface area contributed by atoms with Gasteiger partial charge in [0.25, 0.3) is 0 Å². The van der Waals surface area contributed by atoms with Crippen LogP contribution in [0.5, 0.6) is 0 Å². The number of ether oxygens (including phenoxy) is 1. The normalized spacial score (nSPS) is 11.7. The summed E-state index contributed by atoms with van der Waals surface area (Å²) < 4.78 is 5.25. The highest BCUT2D eigenvalue weighted by atomic mass is 16.6. The summed E-state index contributed by atoms with van der Waals surface area (Å²) in [7, 11) is 0. The third kappa shape index (κ3) is 2.03. The molecule has 0 saturated carbocycles. The Bertz CT molecular complexity index is 525. The van der Waals surface area contributed by atoms with Gasteiger partial charge in [-0.15, -0.1) is 0 Å². The minimum Gasteiger partial charge on any atom is -0.455 e. The molecule has 0 unspecified atom stereocenters. The fourth-order valence-electron chi connectivity index (χ4n) is 1.35. The van der Waals surface area contributed by atoms with Gasteiger partial charge in [0.15, 0.2) is 5.69 Å². The minimum absolute atomic E-state index is 0.298. The topological polar surface area (TPSA) is 67.9 Å². The third-order valence-electron chi connectivity index (χ3n) is 1.96.